The van der Waals surface area contributed by atoms with Crippen molar-refractivity contribution in [1.82, 2.24) is 9.78 Å². The van der Waals surface area contributed by atoms with Gasteiger partial charge in [-0.25, -0.2) is 4.79 Å². The van der Waals surface area contributed by atoms with Crippen LogP contribution in [0.25, 0.3) is 0 Å². The summed E-state index contributed by atoms with van der Waals surface area (Å²) in [6.07, 6.45) is 0. The predicted octanol–water partition coefficient (Wildman–Crippen LogP) is 2.64. The first-order valence-electron chi connectivity index (χ1n) is 7.18. The quantitative estimate of drug-likeness (QED) is 0.862. The number of carbonyl (C=O) groups excluding carboxylic acids is 2. The van der Waals surface area contributed by atoms with Crippen LogP contribution in [-0.2, 0) is 11.3 Å². The highest BCUT2D eigenvalue weighted by atomic mass is 16.5. The standard InChI is InChI=1S/C16H19N3O3/c1-4-19-11(3)10-14(18-19)15(20)17-13-9-7-6-8-12(13)16(21)22-5-2/h6-10H,4-5H2,1-3H3,(H,17,20). The van der Waals surface area contributed by atoms with Crippen LogP contribution in [-0.4, -0.2) is 28.3 Å². The number of benzene rings is 1. The fraction of sp³-hybridized carbons (Fsp3) is 0.312. The number of ether oxygens (including phenoxy) is 1. The Morgan fingerprint density at radius 2 is 2.00 bits per heavy atom. The number of hydrogen-bond donors (Lipinski definition) is 1. The second-order valence-corrected chi connectivity index (χ2v) is 4.71. The van der Waals surface area contributed by atoms with Crippen LogP contribution in [0.2, 0.25) is 0 Å². The monoisotopic (exact) mass is 301 g/mol. The van der Waals surface area contributed by atoms with Gasteiger partial charge in [0.2, 0.25) is 0 Å². The van der Waals surface area contributed by atoms with Gasteiger partial charge in [0, 0.05) is 12.2 Å². The average Bonchev–Trinajstić information content (AvgIpc) is 2.89. The summed E-state index contributed by atoms with van der Waals surface area (Å²) >= 11 is 0. The maximum absolute atomic E-state index is 12.3. The van der Waals surface area contributed by atoms with Crippen molar-refractivity contribution in [2.75, 3.05) is 11.9 Å². The van der Waals surface area contributed by atoms with Crippen LogP contribution >= 0.6 is 0 Å². The Bertz CT molecular complexity index is 692. The lowest BCUT2D eigenvalue weighted by molar-refractivity contribution is 0.0527. The predicted molar refractivity (Wildman–Crippen MR) is 83.0 cm³/mol. The number of carbonyl (C=O) groups is 2. The molecule has 1 aromatic heterocycles. The van der Waals surface area contributed by atoms with Crippen molar-refractivity contribution in [2.45, 2.75) is 27.3 Å². The van der Waals surface area contributed by atoms with Crippen molar-refractivity contribution >= 4 is 17.6 Å². The third kappa shape index (κ3) is 3.33. The second-order valence-electron chi connectivity index (χ2n) is 4.71. The first kappa shape index (κ1) is 15.8. The minimum atomic E-state index is -0.464. The first-order valence-corrected chi connectivity index (χ1v) is 7.18. The van der Waals surface area contributed by atoms with E-state index < -0.39 is 5.97 Å². The largest absolute Gasteiger partial charge is 0.462 e. The molecule has 22 heavy (non-hydrogen) atoms. The highest BCUT2D eigenvalue weighted by Crippen LogP contribution is 2.17. The average molecular weight is 301 g/mol. The molecule has 0 unspecified atom stereocenters. The highest BCUT2D eigenvalue weighted by Gasteiger charge is 2.17. The molecule has 0 aliphatic carbocycles. The molecule has 0 aliphatic rings. The number of nitrogens with zero attached hydrogens (tertiary/aromatic N) is 2. The van der Waals surface area contributed by atoms with Gasteiger partial charge in [0.1, 0.15) is 0 Å². The lowest BCUT2D eigenvalue weighted by Gasteiger charge is -2.09. The molecule has 0 saturated carbocycles. The van der Waals surface area contributed by atoms with Crippen molar-refractivity contribution < 1.29 is 14.3 Å². The summed E-state index contributed by atoms with van der Waals surface area (Å²) in [5.41, 5.74) is 1.96. The van der Waals surface area contributed by atoms with Gasteiger partial charge in [-0.15, -0.1) is 0 Å². The van der Waals surface area contributed by atoms with Crippen molar-refractivity contribution in [2.24, 2.45) is 0 Å². The smallest absolute Gasteiger partial charge is 0.340 e. The van der Waals surface area contributed by atoms with E-state index in [0.717, 1.165) is 5.69 Å². The molecule has 1 aromatic carbocycles. The lowest BCUT2D eigenvalue weighted by atomic mass is 10.1. The van der Waals surface area contributed by atoms with Crippen molar-refractivity contribution in [3.63, 3.8) is 0 Å². The minimum Gasteiger partial charge on any atom is -0.462 e. The number of esters is 1. The van der Waals surface area contributed by atoms with Crippen LogP contribution in [0.15, 0.2) is 30.3 Å². The maximum atomic E-state index is 12.3. The van der Waals surface area contributed by atoms with Gasteiger partial charge in [0.15, 0.2) is 5.69 Å². The zero-order valence-electron chi connectivity index (χ0n) is 12.9. The molecule has 0 fully saturated rings. The van der Waals surface area contributed by atoms with E-state index >= 15 is 0 Å². The zero-order chi connectivity index (χ0) is 16.1. The lowest BCUT2D eigenvalue weighted by Crippen LogP contribution is -2.16. The Morgan fingerprint density at radius 1 is 1.27 bits per heavy atom. The number of amides is 1. The molecule has 0 radical (unpaired) electrons. The number of anilines is 1. The number of para-hydroxylation sites is 1. The number of nitrogens with one attached hydrogen (secondary N) is 1. The molecule has 1 amide bonds. The third-order valence-corrected chi connectivity index (χ3v) is 3.18. The van der Waals surface area contributed by atoms with Crippen LogP contribution in [0.1, 0.15) is 40.4 Å². The normalized spacial score (nSPS) is 10.3. The van der Waals surface area contributed by atoms with Crippen LogP contribution in [0, 0.1) is 6.92 Å². The number of rotatable bonds is 5. The summed E-state index contributed by atoms with van der Waals surface area (Å²) < 4.78 is 6.73. The molecule has 1 N–H and O–H groups in total. The summed E-state index contributed by atoms with van der Waals surface area (Å²) in [7, 11) is 0. The zero-order valence-corrected chi connectivity index (χ0v) is 12.9. The molecule has 2 aromatic rings. The van der Waals surface area contributed by atoms with Gasteiger partial charge in [-0.3, -0.25) is 9.48 Å². The van der Waals surface area contributed by atoms with E-state index in [-0.39, 0.29) is 12.5 Å². The summed E-state index contributed by atoms with van der Waals surface area (Å²) in [5, 5.41) is 6.94. The number of hydrogen-bond acceptors (Lipinski definition) is 4. The molecular weight excluding hydrogens is 282 g/mol. The summed E-state index contributed by atoms with van der Waals surface area (Å²) in [4.78, 5) is 24.2. The van der Waals surface area contributed by atoms with E-state index in [2.05, 4.69) is 10.4 Å². The number of aryl methyl sites for hydroxylation is 2. The Hall–Kier alpha value is -2.63. The van der Waals surface area contributed by atoms with E-state index in [9.17, 15) is 9.59 Å². The van der Waals surface area contributed by atoms with Crippen LogP contribution in [0.4, 0.5) is 5.69 Å². The molecule has 0 bridgehead atoms. The maximum Gasteiger partial charge on any atom is 0.340 e. The fourth-order valence-corrected chi connectivity index (χ4v) is 2.11. The minimum absolute atomic E-state index is 0.279. The molecule has 0 saturated heterocycles. The highest BCUT2D eigenvalue weighted by molar-refractivity contribution is 6.07. The summed E-state index contributed by atoms with van der Waals surface area (Å²) in [5.74, 6) is -0.819. The topological polar surface area (TPSA) is 73.2 Å². The van der Waals surface area contributed by atoms with Gasteiger partial charge in [-0.05, 0) is 39.0 Å². The molecule has 2 rings (SSSR count). The number of aromatic nitrogens is 2. The molecule has 116 valence electrons. The Kier molecular flexibility index (Phi) is 4.93. The summed E-state index contributed by atoms with van der Waals surface area (Å²) in [6, 6.07) is 8.45. The Morgan fingerprint density at radius 3 is 2.64 bits per heavy atom. The van der Waals surface area contributed by atoms with E-state index in [1.807, 2.05) is 13.8 Å². The van der Waals surface area contributed by atoms with E-state index in [4.69, 9.17) is 4.74 Å². The van der Waals surface area contributed by atoms with Gasteiger partial charge in [-0.1, -0.05) is 12.1 Å². The van der Waals surface area contributed by atoms with Gasteiger partial charge in [0.05, 0.1) is 17.9 Å². The van der Waals surface area contributed by atoms with Crippen molar-refractivity contribution in [1.29, 1.82) is 0 Å². The summed E-state index contributed by atoms with van der Waals surface area (Å²) in [6.45, 7) is 6.55. The molecule has 6 nitrogen and oxygen atoms in total. The fourth-order valence-electron chi connectivity index (χ4n) is 2.11. The third-order valence-electron chi connectivity index (χ3n) is 3.18. The molecule has 0 aliphatic heterocycles. The Labute approximate surface area is 129 Å². The van der Waals surface area contributed by atoms with Crippen LogP contribution in [0.3, 0.4) is 0 Å². The van der Waals surface area contributed by atoms with Gasteiger partial charge >= 0.3 is 5.97 Å². The molecule has 0 atom stereocenters. The molecular formula is C16H19N3O3. The van der Waals surface area contributed by atoms with Crippen LogP contribution in [0.5, 0.6) is 0 Å². The second kappa shape index (κ2) is 6.89. The van der Waals surface area contributed by atoms with Gasteiger partial charge in [0.25, 0.3) is 5.91 Å². The van der Waals surface area contributed by atoms with Gasteiger partial charge < -0.3 is 10.1 Å². The molecule has 1 heterocycles. The van der Waals surface area contributed by atoms with Crippen molar-refractivity contribution in [3.8, 4) is 0 Å². The first-order chi connectivity index (χ1) is 10.6. The Balaban J connectivity index is 2.23. The van der Waals surface area contributed by atoms with E-state index in [1.54, 1.807) is 41.9 Å². The van der Waals surface area contributed by atoms with E-state index in [1.165, 1.54) is 0 Å². The molecule has 6 heteroatoms. The molecule has 0 spiro atoms. The van der Waals surface area contributed by atoms with Crippen LogP contribution < -0.4 is 5.32 Å². The van der Waals surface area contributed by atoms with Gasteiger partial charge in [-0.2, -0.15) is 5.10 Å². The van der Waals surface area contributed by atoms with E-state index in [0.29, 0.717) is 23.5 Å². The SMILES string of the molecule is CCOC(=O)c1ccccc1NC(=O)c1cc(C)n(CC)n1. The van der Waals surface area contributed by atoms with Crippen molar-refractivity contribution in [3.05, 3.63) is 47.3 Å².